The lowest BCUT2D eigenvalue weighted by atomic mass is 9.47. The minimum Gasteiger partial charge on any atom is -0.458 e. The fourth-order valence-corrected chi connectivity index (χ4v) is 11.2. The van der Waals surface area contributed by atoms with Crippen molar-refractivity contribution >= 4 is 18.2 Å². The predicted octanol–water partition coefficient (Wildman–Crippen LogP) is 9.27. The molecule has 7 atom stereocenters. The van der Waals surface area contributed by atoms with Crippen molar-refractivity contribution in [3.63, 3.8) is 0 Å². The minimum atomic E-state index is -0.769. The zero-order valence-corrected chi connectivity index (χ0v) is 29.0. The quantitative estimate of drug-likeness (QED) is 0.117. The summed E-state index contributed by atoms with van der Waals surface area (Å²) in [5.74, 6) is 0.804. The first kappa shape index (κ1) is 33.9. The van der Waals surface area contributed by atoms with Gasteiger partial charge in [0, 0.05) is 12.0 Å². The van der Waals surface area contributed by atoms with Gasteiger partial charge in [-0.2, -0.15) is 0 Å². The Morgan fingerprint density at radius 1 is 0.867 bits per heavy atom. The van der Waals surface area contributed by atoms with Gasteiger partial charge in [0.05, 0.1) is 5.57 Å². The summed E-state index contributed by atoms with van der Waals surface area (Å²) >= 11 is 0. The first-order valence-electron chi connectivity index (χ1n) is 17.7. The van der Waals surface area contributed by atoms with Crippen molar-refractivity contribution in [3.8, 4) is 0 Å². The highest BCUT2D eigenvalue weighted by Crippen LogP contribution is 2.63. The Morgan fingerprint density at radius 2 is 1.40 bits per heavy atom. The van der Waals surface area contributed by atoms with Crippen LogP contribution in [0.3, 0.4) is 0 Å². The van der Waals surface area contributed by atoms with Crippen molar-refractivity contribution in [2.24, 2.45) is 45.3 Å². The standard InChI is InChI=1S/C40H58O5/c1-26-11-17-33-37(3,4)20-9-22-39(33,7)30(26)15-13-28(19-24-41)35(42)45-32-25-44-36(43)29(32)14-16-31-27(2)12-18-34-38(5,6)21-10-23-40(31,34)8/h13-14,24,30-34H,1-2,9-12,15-23,25H2,3-8H3/b28-13+,29-14-/t30?,31?,32-,33-,34-,39+,40+/m0/s1. The molecule has 5 fully saturated rings. The molecule has 0 spiro atoms. The van der Waals surface area contributed by atoms with Crippen LogP contribution in [0.2, 0.25) is 0 Å². The van der Waals surface area contributed by atoms with Gasteiger partial charge in [-0.05, 0) is 110 Å². The lowest BCUT2D eigenvalue weighted by molar-refractivity contribution is -0.144. The largest absolute Gasteiger partial charge is 0.458 e. The number of rotatable bonds is 8. The van der Waals surface area contributed by atoms with Gasteiger partial charge in [-0.3, -0.25) is 0 Å². The van der Waals surface area contributed by atoms with E-state index in [1.165, 1.54) is 56.1 Å². The third-order valence-electron chi connectivity index (χ3n) is 13.6. The smallest absolute Gasteiger partial charge is 0.337 e. The van der Waals surface area contributed by atoms with Gasteiger partial charge in [0.2, 0.25) is 0 Å². The van der Waals surface area contributed by atoms with Gasteiger partial charge < -0.3 is 14.3 Å². The van der Waals surface area contributed by atoms with E-state index >= 15 is 0 Å². The summed E-state index contributed by atoms with van der Waals surface area (Å²) in [6, 6.07) is 0. The van der Waals surface area contributed by atoms with E-state index in [1.54, 1.807) is 0 Å². The van der Waals surface area contributed by atoms with Gasteiger partial charge in [-0.25, -0.2) is 9.59 Å². The average molecular weight is 619 g/mol. The number of hydrogen-bond donors (Lipinski definition) is 0. The van der Waals surface area contributed by atoms with E-state index in [4.69, 9.17) is 9.47 Å². The van der Waals surface area contributed by atoms with E-state index < -0.39 is 18.0 Å². The van der Waals surface area contributed by atoms with Gasteiger partial charge in [-0.1, -0.05) is 90.8 Å². The van der Waals surface area contributed by atoms with Crippen LogP contribution in [0.25, 0.3) is 0 Å². The molecule has 0 aromatic heterocycles. The molecule has 1 saturated heterocycles. The number of hydrogen-bond acceptors (Lipinski definition) is 5. The molecule has 5 rings (SSSR count). The molecule has 5 aliphatic rings. The molecule has 0 radical (unpaired) electrons. The maximum atomic E-state index is 13.5. The van der Waals surface area contributed by atoms with Gasteiger partial charge >= 0.3 is 11.9 Å². The summed E-state index contributed by atoms with van der Waals surface area (Å²) in [5.41, 5.74) is 4.13. The Hall–Kier alpha value is -2.43. The number of allylic oxidation sites excluding steroid dienone is 4. The topological polar surface area (TPSA) is 69.7 Å². The van der Waals surface area contributed by atoms with Crippen molar-refractivity contribution in [3.05, 3.63) is 47.6 Å². The first-order chi connectivity index (χ1) is 21.1. The fourth-order valence-electron chi connectivity index (χ4n) is 11.2. The second-order valence-electron chi connectivity index (χ2n) is 17.0. The highest BCUT2D eigenvalue weighted by molar-refractivity contribution is 5.95. The Labute approximate surface area is 272 Å². The highest BCUT2D eigenvalue weighted by Gasteiger charge is 2.54. The van der Waals surface area contributed by atoms with Crippen LogP contribution >= 0.6 is 0 Å². The molecular weight excluding hydrogens is 560 g/mol. The number of carbonyl (C=O) groups excluding carboxylic acids is 3. The number of fused-ring (bicyclic) bond motifs is 2. The van der Waals surface area contributed by atoms with E-state index in [0.717, 1.165) is 25.5 Å². The third-order valence-corrected chi connectivity index (χ3v) is 13.6. The molecule has 5 nitrogen and oxygen atoms in total. The maximum Gasteiger partial charge on any atom is 0.337 e. The van der Waals surface area contributed by atoms with Gasteiger partial charge in [-0.15, -0.1) is 0 Å². The van der Waals surface area contributed by atoms with Gasteiger partial charge in [0.1, 0.15) is 12.9 Å². The molecule has 248 valence electrons. The van der Waals surface area contributed by atoms with E-state index in [-0.39, 0.29) is 41.1 Å². The molecule has 45 heavy (non-hydrogen) atoms. The molecule has 5 heteroatoms. The molecule has 2 unspecified atom stereocenters. The molecule has 1 heterocycles. The molecule has 0 aromatic carbocycles. The molecule has 0 amide bonds. The second kappa shape index (κ2) is 12.6. The summed E-state index contributed by atoms with van der Waals surface area (Å²) in [6.07, 6.45) is 16.8. The normalized spacial score (nSPS) is 38.7. The van der Waals surface area contributed by atoms with E-state index in [0.29, 0.717) is 41.2 Å². The third kappa shape index (κ3) is 6.31. The van der Waals surface area contributed by atoms with Crippen LogP contribution in [0.4, 0.5) is 0 Å². The first-order valence-corrected chi connectivity index (χ1v) is 17.7. The number of ether oxygens (including phenoxy) is 2. The van der Waals surface area contributed by atoms with Crippen LogP contribution in [0.5, 0.6) is 0 Å². The lowest BCUT2D eigenvalue weighted by Gasteiger charge is -2.58. The fraction of sp³-hybridized carbons (Fsp3) is 0.725. The second-order valence-corrected chi connectivity index (χ2v) is 17.0. The zero-order chi connectivity index (χ0) is 32.8. The number of aldehydes is 1. The van der Waals surface area contributed by atoms with Crippen molar-refractivity contribution in [2.75, 3.05) is 6.61 Å². The molecule has 0 N–H and O–H groups in total. The number of esters is 2. The molecule has 4 saturated carbocycles. The van der Waals surface area contributed by atoms with Crippen LogP contribution in [-0.4, -0.2) is 30.9 Å². The van der Waals surface area contributed by atoms with Crippen molar-refractivity contribution in [1.82, 2.24) is 0 Å². The van der Waals surface area contributed by atoms with E-state index in [9.17, 15) is 14.4 Å². The van der Waals surface area contributed by atoms with Gasteiger partial charge in [0.15, 0.2) is 6.10 Å². The lowest BCUT2D eigenvalue weighted by Crippen LogP contribution is -2.49. The zero-order valence-electron chi connectivity index (χ0n) is 29.0. The minimum absolute atomic E-state index is 0.0115. The van der Waals surface area contributed by atoms with Crippen LogP contribution in [-0.2, 0) is 23.9 Å². The maximum absolute atomic E-state index is 13.5. The molecule has 4 aliphatic carbocycles. The summed E-state index contributed by atoms with van der Waals surface area (Å²) in [6.45, 7) is 23.4. The summed E-state index contributed by atoms with van der Waals surface area (Å²) in [7, 11) is 0. The monoisotopic (exact) mass is 618 g/mol. The average Bonchev–Trinajstić information content (AvgIpc) is 3.28. The van der Waals surface area contributed by atoms with Crippen LogP contribution < -0.4 is 0 Å². The summed E-state index contributed by atoms with van der Waals surface area (Å²) < 4.78 is 11.4. The Bertz CT molecular complexity index is 1280. The Morgan fingerprint density at radius 3 is 1.93 bits per heavy atom. The summed E-state index contributed by atoms with van der Waals surface area (Å²) in [5, 5.41) is 0. The van der Waals surface area contributed by atoms with Crippen molar-refractivity contribution < 1.29 is 23.9 Å². The highest BCUT2D eigenvalue weighted by atomic mass is 16.6. The van der Waals surface area contributed by atoms with Crippen molar-refractivity contribution in [1.29, 1.82) is 0 Å². The van der Waals surface area contributed by atoms with E-state index in [1.807, 2.05) is 12.2 Å². The number of carbonyl (C=O) groups is 3. The number of cyclic esters (lactones) is 1. The van der Waals surface area contributed by atoms with E-state index in [2.05, 4.69) is 54.7 Å². The van der Waals surface area contributed by atoms with Gasteiger partial charge in [0.25, 0.3) is 0 Å². The molecule has 1 aliphatic heterocycles. The summed E-state index contributed by atoms with van der Waals surface area (Å²) in [4.78, 5) is 38.1. The molecule has 0 aromatic rings. The molecule has 0 bridgehead atoms. The Balaban J connectivity index is 1.31. The predicted molar refractivity (Wildman–Crippen MR) is 179 cm³/mol. The van der Waals surface area contributed by atoms with Crippen LogP contribution in [0.15, 0.2) is 47.6 Å². The van der Waals surface area contributed by atoms with Crippen LogP contribution in [0, 0.1) is 45.3 Å². The van der Waals surface area contributed by atoms with Crippen molar-refractivity contribution in [2.45, 2.75) is 131 Å². The Kier molecular flexibility index (Phi) is 9.53. The molecular formula is C40H58O5. The van der Waals surface area contributed by atoms with Crippen LogP contribution in [0.1, 0.15) is 125 Å². The SMILES string of the molecule is C=C1CC[C@H]2C(C)(C)CCC[C@]2(C)C1C/C=C1\C(=O)OC[C@@H]1OC(=O)/C(=C/CC1C(=C)CC[C@H]2C(C)(C)CCC[C@]12C)CC=O.